The van der Waals surface area contributed by atoms with Gasteiger partial charge in [-0.1, -0.05) is 0 Å². The van der Waals surface area contributed by atoms with Crippen molar-refractivity contribution in [3.63, 3.8) is 0 Å². The number of rotatable bonds is 3. The molecule has 0 fully saturated rings. The van der Waals surface area contributed by atoms with Gasteiger partial charge in [0.25, 0.3) is 5.56 Å². The summed E-state index contributed by atoms with van der Waals surface area (Å²) in [6, 6.07) is 0. The average Bonchev–Trinajstić information content (AvgIpc) is 2.96. The summed E-state index contributed by atoms with van der Waals surface area (Å²) in [5.74, 6) is 0.537. The molecule has 0 amide bonds. The standard InChI is InChI=1S/C13H16N6OS/c1-7-10-11(19(4)17-7)12(20)18(3)13(16-10)15-6-9-5-14-8(2)21-9/h5H,6H2,1-4H3,(H,15,16). The van der Waals surface area contributed by atoms with Gasteiger partial charge in [0.15, 0.2) is 5.52 Å². The van der Waals surface area contributed by atoms with E-state index in [0.717, 1.165) is 15.6 Å². The van der Waals surface area contributed by atoms with Gasteiger partial charge in [-0.2, -0.15) is 5.10 Å². The molecular weight excluding hydrogens is 288 g/mol. The molecule has 7 nitrogen and oxygen atoms in total. The van der Waals surface area contributed by atoms with Gasteiger partial charge in [0.05, 0.1) is 17.2 Å². The van der Waals surface area contributed by atoms with Crippen LogP contribution in [0.2, 0.25) is 0 Å². The minimum absolute atomic E-state index is 0.105. The minimum atomic E-state index is -0.105. The molecule has 1 N–H and O–H groups in total. The third kappa shape index (κ3) is 2.31. The van der Waals surface area contributed by atoms with E-state index in [4.69, 9.17) is 0 Å². The van der Waals surface area contributed by atoms with Crippen molar-refractivity contribution in [3.05, 3.63) is 32.1 Å². The Kier molecular flexibility index (Phi) is 3.25. The first-order valence-electron chi connectivity index (χ1n) is 6.53. The maximum atomic E-state index is 12.4. The van der Waals surface area contributed by atoms with Crippen molar-refractivity contribution in [1.29, 1.82) is 0 Å². The van der Waals surface area contributed by atoms with Crippen LogP contribution in [-0.2, 0) is 20.6 Å². The Morgan fingerprint density at radius 2 is 2.10 bits per heavy atom. The highest BCUT2D eigenvalue weighted by Gasteiger charge is 2.14. The van der Waals surface area contributed by atoms with Gasteiger partial charge in [-0.05, 0) is 13.8 Å². The van der Waals surface area contributed by atoms with Gasteiger partial charge < -0.3 is 5.32 Å². The van der Waals surface area contributed by atoms with E-state index in [-0.39, 0.29) is 5.56 Å². The average molecular weight is 304 g/mol. The zero-order valence-electron chi connectivity index (χ0n) is 12.3. The van der Waals surface area contributed by atoms with Crippen LogP contribution in [0.5, 0.6) is 0 Å². The highest BCUT2D eigenvalue weighted by Crippen LogP contribution is 2.16. The monoisotopic (exact) mass is 304 g/mol. The Labute approximate surface area is 125 Å². The second kappa shape index (κ2) is 4.96. The van der Waals surface area contributed by atoms with E-state index in [1.807, 2.05) is 20.0 Å². The molecule has 110 valence electrons. The van der Waals surface area contributed by atoms with Crippen molar-refractivity contribution in [2.45, 2.75) is 20.4 Å². The van der Waals surface area contributed by atoms with E-state index < -0.39 is 0 Å². The van der Waals surface area contributed by atoms with Gasteiger partial charge in [-0.15, -0.1) is 11.3 Å². The summed E-state index contributed by atoms with van der Waals surface area (Å²) in [5, 5.41) is 8.48. The molecule has 0 aliphatic heterocycles. The second-order valence-corrected chi connectivity index (χ2v) is 6.22. The lowest BCUT2D eigenvalue weighted by Crippen LogP contribution is -2.23. The van der Waals surface area contributed by atoms with Crippen molar-refractivity contribution >= 4 is 28.3 Å². The van der Waals surface area contributed by atoms with Crippen LogP contribution in [0.1, 0.15) is 15.6 Å². The number of fused-ring (bicyclic) bond motifs is 1. The van der Waals surface area contributed by atoms with Crippen molar-refractivity contribution < 1.29 is 0 Å². The molecule has 0 spiro atoms. The van der Waals surface area contributed by atoms with E-state index in [2.05, 4.69) is 20.4 Å². The fourth-order valence-electron chi connectivity index (χ4n) is 2.27. The smallest absolute Gasteiger partial charge is 0.280 e. The van der Waals surface area contributed by atoms with Crippen LogP contribution < -0.4 is 10.9 Å². The molecule has 21 heavy (non-hydrogen) atoms. The van der Waals surface area contributed by atoms with Crippen LogP contribution in [0.4, 0.5) is 5.95 Å². The second-order valence-electron chi connectivity index (χ2n) is 4.90. The molecule has 0 radical (unpaired) electrons. The number of nitrogens with one attached hydrogen (secondary N) is 1. The van der Waals surface area contributed by atoms with E-state index in [0.29, 0.717) is 23.5 Å². The van der Waals surface area contributed by atoms with Crippen LogP contribution in [-0.4, -0.2) is 24.3 Å². The van der Waals surface area contributed by atoms with E-state index in [1.165, 1.54) is 4.57 Å². The quantitative estimate of drug-likeness (QED) is 0.790. The zero-order valence-corrected chi connectivity index (χ0v) is 13.2. The Morgan fingerprint density at radius 1 is 1.33 bits per heavy atom. The lowest BCUT2D eigenvalue weighted by Gasteiger charge is -2.09. The molecule has 0 saturated carbocycles. The summed E-state index contributed by atoms with van der Waals surface area (Å²) in [7, 11) is 3.46. The molecule has 3 heterocycles. The van der Waals surface area contributed by atoms with Crippen LogP contribution in [0, 0.1) is 13.8 Å². The Morgan fingerprint density at radius 3 is 2.76 bits per heavy atom. The molecule has 0 unspecified atom stereocenters. The molecule has 0 aliphatic rings. The lowest BCUT2D eigenvalue weighted by atomic mass is 10.3. The summed E-state index contributed by atoms with van der Waals surface area (Å²) < 4.78 is 3.09. The van der Waals surface area contributed by atoms with Gasteiger partial charge in [-0.3, -0.25) is 14.0 Å². The summed E-state index contributed by atoms with van der Waals surface area (Å²) >= 11 is 1.62. The number of aryl methyl sites for hydroxylation is 3. The van der Waals surface area contributed by atoms with Crippen LogP contribution in [0.3, 0.4) is 0 Å². The number of hydrogen-bond acceptors (Lipinski definition) is 6. The molecule has 0 bridgehead atoms. The normalized spacial score (nSPS) is 11.2. The van der Waals surface area contributed by atoms with E-state index >= 15 is 0 Å². The van der Waals surface area contributed by atoms with Crippen molar-refractivity contribution in [1.82, 2.24) is 24.3 Å². The van der Waals surface area contributed by atoms with Gasteiger partial charge >= 0.3 is 0 Å². The number of aromatic nitrogens is 5. The predicted molar refractivity (Wildman–Crippen MR) is 82.7 cm³/mol. The first-order chi connectivity index (χ1) is 9.97. The topological polar surface area (TPSA) is 77.6 Å². The Bertz CT molecular complexity index is 875. The predicted octanol–water partition coefficient (Wildman–Crippen LogP) is 1.35. The molecule has 3 rings (SSSR count). The molecule has 3 aromatic heterocycles. The van der Waals surface area contributed by atoms with Gasteiger partial charge in [-0.25, -0.2) is 9.97 Å². The maximum absolute atomic E-state index is 12.4. The molecule has 0 aliphatic carbocycles. The molecule has 8 heteroatoms. The van der Waals surface area contributed by atoms with Crippen LogP contribution in [0.25, 0.3) is 11.0 Å². The third-order valence-electron chi connectivity index (χ3n) is 3.32. The summed E-state index contributed by atoms with van der Waals surface area (Å²) in [4.78, 5) is 22.3. The highest BCUT2D eigenvalue weighted by molar-refractivity contribution is 7.11. The SMILES string of the molecule is Cc1ncc(CNc2nc3c(C)nn(C)c3c(=O)n2C)s1. The van der Waals surface area contributed by atoms with E-state index in [9.17, 15) is 4.79 Å². The number of hydrogen-bond donors (Lipinski definition) is 1. The lowest BCUT2D eigenvalue weighted by molar-refractivity contribution is 0.765. The summed E-state index contributed by atoms with van der Waals surface area (Å²) in [6.45, 7) is 4.41. The Balaban J connectivity index is 2.01. The van der Waals surface area contributed by atoms with Crippen molar-refractivity contribution in [2.24, 2.45) is 14.1 Å². The van der Waals surface area contributed by atoms with Gasteiger partial charge in [0.2, 0.25) is 5.95 Å². The first kappa shape index (κ1) is 13.7. The van der Waals surface area contributed by atoms with Crippen molar-refractivity contribution in [2.75, 3.05) is 5.32 Å². The van der Waals surface area contributed by atoms with Crippen LogP contribution in [0.15, 0.2) is 11.0 Å². The van der Waals surface area contributed by atoms with Gasteiger partial charge in [0, 0.05) is 25.2 Å². The zero-order chi connectivity index (χ0) is 15.1. The Hall–Kier alpha value is -2.22. The summed E-state index contributed by atoms with van der Waals surface area (Å²) in [6.07, 6.45) is 1.83. The van der Waals surface area contributed by atoms with Crippen LogP contribution >= 0.6 is 11.3 Å². The molecule has 3 aromatic rings. The number of thiazole rings is 1. The molecular formula is C13H16N6OS. The molecule has 0 saturated heterocycles. The van der Waals surface area contributed by atoms with Crippen molar-refractivity contribution in [3.8, 4) is 0 Å². The van der Waals surface area contributed by atoms with Gasteiger partial charge in [0.1, 0.15) is 5.52 Å². The summed E-state index contributed by atoms with van der Waals surface area (Å²) in [5.41, 5.74) is 1.81. The maximum Gasteiger partial charge on any atom is 0.280 e. The van der Waals surface area contributed by atoms with E-state index in [1.54, 1.807) is 30.1 Å². The fourth-order valence-corrected chi connectivity index (χ4v) is 3.00. The fraction of sp³-hybridized carbons (Fsp3) is 0.385. The highest BCUT2D eigenvalue weighted by atomic mass is 32.1. The third-order valence-corrected chi connectivity index (χ3v) is 4.24. The minimum Gasteiger partial charge on any atom is -0.351 e. The largest absolute Gasteiger partial charge is 0.351 e. The molecule has 0 atom stereocenters. The number of nitrogens with zero attached hydrogens (tertiary/aromatic N) is 5. The number of anilines is 1. The first-order valence-corrected chi connectivity index (χ1v) is 7.34. The molecule has 0 aromatic carbocycles.